The summed E-state index contributed by atoms with van der Waals surface area (Å²) >= 11 is 7.19. The van der Waals surface area contributed by atoms with Gasteiger partial charge in [-0.3, -0.25) is 4.79 Å². The van der Waals surface area contributed by atoms with E-state index in [-0.39, 0.29) is 5.75 Å². The maximum Gasteiger partial charge on any atom is 0.241 e. The van der Waals surface area contributed by atoms with E-state index in [4.69, 9.17) is 11.6 Å². The Morgan fingerprint density at radius 1 is 1.15 bits per heavy atom. The number of nitrogens with one attached hydrogen (secondary N) is 1. The van der Waals surface area contributed by atoms with E-state index in [0.717, 1.165) is 10.3 Å². The SMILES string of the molecule is O=C(CS(=O)(=O)CCCc1ccccc1)Nc1nc2cc(Cl)ccc2s1. The molecule has 0 saturated carbocycles. The molecule has 0 spiro atoms. The summed E-state index contributed by atoms with van der Waals surface area (Å²) in [5.41, 5.74) is 1.75. The summed E-state index contributed by atoms with van der Waals surface area (Å²) < 4.78 is 25.2. The summed E-state index contributed by atoms with van der Waals surface area (Å²) in [6.07, 6.45) is 1.15. The van der Waals surface area contributed by atoms with Crippen molar-refractivity contribution in [3.05, 3.63) is 59.1 Å². The minimum absolute atomic E-state index is 0.0230. The largest absolute Gasteiger partial charge is 0.301 e. The van der Waals surface area contributed by atoms with Crippen molar-refractivity contribution in [1.29, 1.82) is 0 Å². The molecule has 26 heavy (non-hydrogen) atoms. The van der Waals surface area contributed by atoms with E-state index >= 15 is 0 Å². The molecule has 0 aliphatic heterocycles. The van der Waals surface area contributed by atoms with Crippen molar-refractivity contribution in [2.24, 2.45) is 0 Å². The van der Waals surface area contributed by atoms with Gasteiger partial charge in [-0.15, -0.1) is 0 Å². The van der Waals surface area contributed by atoms with Gasteiger partial charge in [0.1, 0.15) is 5.75 Å². The van der Waals surface area contributed by atoms with Crippen LogP contribution < -0.4 is 5.32 Å². The normalized spacial score (nSPS) is 11.6. The molecule has 0 saturated heterocycles. The number of thiazole rings is 1. The molecule has 0 aliphatic rings. The van der Waals surface area contributed by atoms with Gasteiger partial charge in [0.15, 0.2) is 15.0 Å². The fraction of sp³-hybridized carbons (Fsp3) is 0.222. The highest BCUT2D eigenvalue weighted by atomic mass is 35.5. The van der Waals surface area contributed by atoms with E-state index in [9.17, 15) is 13.2 Å². The lowest BCUT2D eigenvalue weighted by Crippen LogP contribution is -2.24. The van der Waals surface area contributed by atoms with Gasteiger partial charge in [-0.25, -0.2) is 13.4 Å². The third kappa shape index (κ3) is 5.27. The van der Waals surface area contributed by atoms with Gasteiger partial charge < -0.3 is 5.32 Å². The fourth-order valence-corrected chi connectivity index (χ4v) is 4.75. The number of aromatic nitrogens is 1. The molecule has 0 radical (unpaired) electrons. The Balaban J connectivity index is 1.54. The summed E-state index contributed by atoms with van der Waals surface area (Å²) in [5.74, 6) is -1.14. The van der Waals surface area contributed by atoms with Gasteiger partial charge in [0, 0.05) is 5.02 Å². The number of fused-ring (bicyclic) bond motifs is 1. The third-order valence-corrected chi connectivity index (χ3v) is 6.51. The van der Waals surface area contributed by atoms with Crippen LogP contribution in [0.3, 0.4) is 0 Å². The summed E-state index contributed by atoms with van der Waals surface area (Å²) in [4.78, 5) is 16.3. The van der Waals surface area contributed by atoms with E-state index in [1.807, 2.05) is 36.4 Å². The second-order valence-corrected chi connectivity index (χ2v) is 9.51. The van der Waals surface area contributed by atoms with Gasteiger partial charge in [0.05, 0.1) is 16.0 Å². The van der Waals surface area contributed by atoms with Gasteiger partial charge in [-0.2, -0.15) is 0 Å². The number of anilines is 1. The number of carbonyl (C=O) groups excluding carboxylic acids is 1. The van der Waals surface area contributed by atoms with Crippen LogP contribution >= 0.6 is 22.9 Å². The smallest absolute Gasteiger partial charge is 0.241 e. The fourth-order valence-electron chi connectivity index (χ4n) is 2.52. The number of carbonyl (C=O) groups is 1. The van der Waals surface area contributed by atoms with Crippen LogP contribution in [0.25, 0.3) is 10.2 Å². The average Bonchev–Trinajstić information content (AvgIpc) is 2.96. The standard InChI is InChI=1S/C18H17ClN2O3S2/c19-14-8-9-16-15(11-14)20-18(25-16)21-17(22)12-26(23,24)10-4-7-13-5-2-1-3-6-13/h1-3,5-6,8-9,11H,4,7,10,12H2,(H,20,21,22). The number of rotatable bonds is 7. The lowest BCUT2D eigenvalue weighted by Gasteiger charge is -2.05. The van der Waals surface area contributed by atoms with Crippen molar-refractivity contribution in [3.63, 3.8) is 0 Å². The van der Waals surface area contributed by atoms with Crippen molar-refractivity contribution >= 4 is 54.0 Å². The topological polar surface area (TPSA) is 76.1 Å². The molecule has 1 aromatic heterocycles. The summed E-state index contributed by atoms with van der Waals surface area (Å²) in [7, 11) is -3.46. The quantitative estimate of drug-likeness (QED) is 0.642. The first-order chi connectivity index (χ1) is 12.4. The first kappa shape index (κ1) is 18.8. The van der Waals surface area contributed by atoms with E-state index < -0.39 is 21.5 Å². The van der Waals surface area contributed by atoms with Crippen LogP contribution in [0.15, 0.2) is 48.5 Å². The van der Waals surface area contributed by atoms with Gasteiger partial charge in [0.2, 0.25) is 5.91 Å². The predicted octanol–water partition coefficient (Wildman–Crippen LogP) is 3.94. The van der Waals surface area contributed by atoms with Crippen LogP contribution in [0.4, 0.5) is 5.13 Å². The molecule has 0 bridgehead atoms. The van der Waals surface area contributed by atoms with Crippen molar-refractivity contribution in [1.82, 2.24) is 4.98 Å². The number of benzene rings is 2. The van der Waals surface area contributed by atoms with Gasteiger partial charge in [-0.1, -0.05) is 53.3 Å². The Bertz CT molecular complexity index is 1020. The zero-order valence-corrected chi connectivity index (χ0v) is 16.2. The van der Waals surface area contributed by atoms with Gasteiger partial charge >= 0.3 is 0 Å². The number of hydrogen-bond acceptors (Lipinski definition) is 5. The molecule has 3 rings (SSSR count). The Hall–Kier alpha value is -1.96. The number of nitrogens with zero attached hydrogens (tertiary/aromatic N) is 1. The molecule has 0 unspecified atom stereocenters. The Morgan fingerprint density at radius 2 is 1.92 bits per heavy atom. The number of aryl methyl sites for hydroxylation is 1. The highest BCUT2D eigenvalue weighted by Gasteiger charge is 2.18. The van der Waals surface area contributed by atoms with Crippen molar-refractivity contribution in [2.75, 3.05) is 16.8 Å². The maximum atomic E-state index is 12.1. The van der Waals surface area contributed by atoms with Gasteiger partial charge in [0.25, 0.3) is 0 Å². The molecule has 5 nitrogen and oxygen atoms in total. The molecule has 0 fully saturated rings. The van der Waals surface area contributed by atoms with Crippen molar-refractivity contribution < 1.29 is 13.2 Å². The summed E-state index contributed by atoms with van der Waals surface area (Å²) in [6, 6.07) is 14.9. The third-order valence-electron chi connectivity index (χ3n) is 3.71. The molecule has 0 aliphatic carbocycles. The van der Waals surface area contributed by atoms with E-state index in [1.54, 1.807) is 12.1 Å². The molecule has 136 valence electrons. The number of amides is 1. The van der Waals surface area contributed by atoms with Crippen LogP contribution in [0.1, 0.15) is 12.0 Å². The molecule has 1 amide bonds. The Kier molecular flexibility index (Phi) is 5.90. The lowest BCUT2D eigenvalue weighted by atomic mass is 10.1. The monoisotopic (exact) mass is 408 g/mol. The zero-order valence-electron chi connectivity index (χ0n) is 13.8. The molecule has 8 heteroatoms. The molecule has 1 N–H and O–H groups in total. The van der Waals surface area contributed by atoms with Crippen LogP contribution in [0.2, 0.25) is 5.02 Å². The Morgan fingerprint density at radius 3 is 2.69 bits per heavy atom. The highest BCUT2D eigenvalue weighted by molar-refractivity contribution is 7.92. The first-order valence-corrected chi connectivity index (χ1v) is 11.0. The Labute approximate surface area is 160 Å². The minimum Gasteiger partial charge on any atom is -0.301 e. The molecule has 1 heterocycles. The number of hydrogen-bond donors (Lipinski definition) is 1. The summed E-state index contributed by atoms with van der Waals surface area (Å²) in [6.45, 7) is 0. The molecule has 2 aromatic carbocycles. The second-order valence-electron chi connectivity index (χ2n) is 5.86. The first-order valence-electron chi connectivity index (χ1n) is 8.02. The van der Waals surface area contributed by atoms with Crippen molar-refractivity contribution in [3.8, 4) is 0 Å². The minimum atomic E-state index is -3.46. The molecule has 3 aromatic rings. The van der Waals surface area contributed by atoms with E-state index in [1.165, 1.54) is 11.3 Å². The summed E-state index contributed by atoms with van der Waals surface area (Å²) in [5, 5.41) is 3.49. The van der Waals surface area contributed by atoms with Crippen molar-refractivity contribution in [2.45, 2.75) is 12.8 Å². The molecular weight excluding hydrogens is 392 g/mol. The van der Waals surface area contributed by atoms with Crippen LogP contribution in [-0.2, 0) is 21.1 Å². The molecular formula is C18H17ClN2O3S2. The van der Waals surface area contributed by atoms with Crippen LogP contribution in [0.5, 0.6) is 0 Å². The van der Waals surface area contributed by atoms with E-state index in [2.05, 4.69) is 10.3 Å². The number of halogens is 1. The maximum absolute atomic E-state index is 12.1. The second kappa shape index (κ2) is 8.16. The van der Waals surface area contributed by atoms with Crippen LogP contribution in [-0.4, -0.2) is 30.8 Å². The predicted molar refractivity (Wildman–Crippen MR) is 107 cm³/mol. The highest BCUT2D eigenvalue weighted by Crippen LogP contribution is 2.27. The van der Waals surface area contributed by atoms with E-state index in [0.29, 0.717) is 28.5 Å². The lowest BCUT2D eigenvalue weighted by molar-refractivity contribution is -0.113. The molecule has 0 atom stereocenters. The van der Waals surface area contributed by atoms with Crippen LogP contribution in [0, 0.1) is 0 Å². The number of sulfone groups is 1. The van der Waals surface area contributed by atoms with Gasteiger partial charge in [-0.05, 0) is 36.6 Å². The zero-order chi connectivity index (χ0) is 18.6. The average molecular weight is 409 g/mol.